The predicted molar refractivity (Wildman–Crippen MR) is 58.2 cm³/mol. The van der Waals surface area contributed by atoms with E-state index in [2.05, 4.69) is 0 Å². The Morgan fingerprint density at radius 3 is 2.29 bits per heavy atom. The molecule has 0 radical (unpaired) electrons. The summed E-state index contributed by atoms with van der Waals surface area (Å²) in [5.74, 6) is -2.22. The Bertz CT molecular complexity index is 386. The molecule has 3 aliphatic heterocycles. The van der Waals surface area contributed by atoms with E-state index < -0.39 is 23.9 Å². The minimum atomic E-state index is -0.931. The third-order valence-electron chi connectivity index (χ3n) is 3.89. The summed E-state index contributed by atoms with van der Waals surface area (Å²) >= 11 is 0. The van der Waals surface area contributed by atoms with Gasteiger partial charge in [0.2, 0.25) is 5.91 Å². The smallest absolute Gasteiger partial charge is 0.310 e. The van der Waals surface area contributed by atoms with Crippen LogP contribution in [0.5, 0.6) is 0 Å². The average molecular weight is 237 g/mol. The largest absolute Gasteiger partial charge is 0.481 e. The van der Waals surface area contributed by atoms with Gasteiger partial charge in [0.1, 0.15) is 5.92 Å². The zero-order chi connectivity index (χ0) is 12.0. The van der Waals surface area contributed by atoms with Crippen LogP contribution in [0.4, 0.5) is 0 Å². The topological polar surface area (TPSA) is 66.8 Å². The van der Waals surface area contributed by atoms with Crippen molar-refractivity contribution in [3.63, 3.8) is 0 Å². The molecule has 3 rings (SSSR count). The molecule has 0 spiro atoms. The van der Waals surface area contributed by atoms with Gasteiger partial charge in [0, 0.05) is 13.1 Å². The standard InChI is InChI=1S/C12H15NO4/c14-11(13-5-1-2-6-13)9-7-3-4-8(17-7)10(9)12(15)16/h3-4,7-10H,1-2,5-6H2,(H,15,16)/t7-,8-,9-,10+/m1/s1. The SMILES string of the molecule is O=C(O)[C@@H]1[C@H](C(=O)N2CCCC2)[C@H]2C=C[C@H]1O2. The zero-order valence-corrected chi connectivity index (χ0v) is 9.41. The highest BCUT2D eigenvalue weighted by Crippen LogP contribution is 2.40. The van der Waals surface area contributed by atoms with Crippen LogP contribution in [0.3, 0.4) is 0 Å². The lowest BCUT2D eigenvalue weighted by atomic mass is 9.82. The van der Waals surface area contributed by atoms with Crippen molar-refractivity contribution in [1.29, 1.82) is 0 Å². The number of carboxylic acid groups (broad SMARTS) is 1. The first-order chi connectivity index (χ1) is 8.18. The molecular weight excluding hydrogens is 222 g/mol. The molecule has 5 nitrogen and oxygen atoms in total. The van der Waals surface area contributed by atoms with Crippen LogP contribution in [0.2, 0.25) is 0 Å². The molecule has 1 amide bonds. The Labute approximate surface area is 99.0 Å². The number of carbonyl (C=O) groups is 2. The number of amides is 1. The summed E-state index contributed by atoms with van der Waals surface area (Å²) in [5.41, 5.74) is 0. The number of likely N-dealkylation sites (tertiary alicyclic amines) is 1. The van der Waals surface area contributed by atoms with E-state index in [1.54, 1.807) is 11.0 Å². The second kappa shape index (κ2) is 3.84. The summed E-state index contributed by atoms with van der Waals surface area (Å²) in [4.78, 5) is 25.3. The van der Waals surface area contributed by atoms with Crippen molar-refractivity contribution in [2.24, 2.45) is 11.8 Å². The molecule has 4 atom stereocenters. The third-order valence-corrected chi connectivity index (χ3v) is 3.89. The molecule has 1 N–H and O–H groups in total. The normalized spacial score (nSPS) is 38.9. The Kier molecular flexibility index (Phi) is 2.43. The van der Waals surface area contributed by atoms with Crippen molar-refractivity contribution < 1.29 is 19.4 Å². The van der Waals surface area contributed by atoms with E-state index in [1.165, 1.54) is 0 Å². The molecule has 2 bridgehead atoms. The van der Waals surface area contributed by atoms with Crippen LogP contribution in [0.25, 0.3) is 0 Å². The average Bonchev–Trinajstić information content (AvgIpc) is 3.02. The first kappa shape index (κ1) is 10.8. The van der Waals surface area contributed by atoms with Crippen LogP contribution in [0, 0.1) is 11.8 Å². The Morgan fingerprint density at radius 1 is 1.12 bits per heavy atom. The fourth-order valence-electron chi connectivity index (χ4n) is 3.05. The number of nitrogens with zero attached hydrogens (tertiary/aromatic N) is 1. The number of hydrogen-bond donors (Lipinski definition) is 1. The number of carboxylic acids is 1. The lowest BCUT2D eigenvalue weighted by Gasteiger charge is -2.25. The molecule has 0 saturated carbocycles. The maximum Gasteiger partial charge on any atom is 0.310 e. The van der Waals surface area contributed by atoms with Crippen molar-refractivity contribution in [3.8, 4) is 0 Å². The summed E-state index contributed by atoms with van der Waals surface area (Å²) in [7, 11) is 0. The maximum atomic E-state index is 12.3. The van der Waals surface area contributed by atoms with Gasteiger partial charge in [0.25, 0.3) is 0 Å². The number of hydrogen-bond acceptors (Lipinski definition) is 3. The molecule has 0 unspecified atom stereocenters. The van der Waals surface area contributed by atoms with E-state index in [4.69, 9.17) is 4.74 Å². The van der Waals surface area contributed by atoms with Crippen LogP contribution in [0.1, 0.15) is 12.8 Å². The second-order valence-corrected chi connectivity index (χ2v) is 4.87. The van der Waals surface area contributed by atoms with Gasteiger partial charge in [-0.15, -0.1) is 0 Å². The molecule has 2 saturated heterocycles. The highest BCUT2D eigenvalue weighted by Gasteiger charge is 2.54. The van der Waals surface area contributed by atoms with E-state index in [0.717, 1.165) is 25.9 Å². The van der Waals surface area contributed by atoms with Gasteiger partial charge in [0.05, 0.1) is 18.1 Å². The number of fused-ring (bicyclic) bond motifs is 2. The Balaban J connectivity index is 1.83. The van der Waals surface area contributed by atoms with Gasteiger partial charge in [-0.1, -0.05) is 12.2 Å². The van der Waals surface area contributed by atoms with Crippen LogP contribution in [-0.2, 0) is 14.3 Å². The number of aliphatic carboxylic acids is 1. The number of ether oxygens (including phenoxy) is 1. The Morgan fingerprint density at radius 2 is 1.71 bits per heavy atom. The van der Waals surface area contributed by atoms with Gasteiger partial charge in [-0.2, -0.15) is 0 Å². The highest BCUT2D eigenvalue weighted by molar-refractivity contribution is 5.87. The summed E-state index contributed by atoms with van der Waals surface area (Å²) in [6.45, 7) is 1.51. The fraction of sp³-hybridized carbons (Fsp3) is 0.667. The van der Waals surface area contributed by atoms with Crippen molar-refractivity contribution in [1.82, 2.24) is 4.90 Å². The van der Waals surface area contributed by atoms with E-state index in [0.29, 0.717) is 0 Å². The summed E-state index contributed by atoms with van der Waals surface area (Å²) < 4.78 is 5.50. The van der Waals surface area contributed by atoms with E-state index in [1.807, 2.05) is 6.08 Å². The number of rotatable bonds is 2. The summed E-state index contributed by atoms with van der Waals surface area (Å²) in [6, 6.07) is 0. The van der Waals surface area contributed by atoms with E-state index in [9.17, 15) is 14.7 Å². The molecule has 0 aromatic heterocycles. The molecule has 0 aromatic carbocycles. The third kappa shape index (κ3) is 1.57. The van der Waals surface area contributed by atoms with Crippen LogP contribution < -0.4 is 0 Å². The van der Waals surface area contributed by atoms with Gasteiger partial charge in [-0.05, 0) is 12.8 Å². The lowest BCUT2D eigenvalue weighted by Crippen LogP contribution is -2.43. The molecule has 5 heteroatoms. The van der Waals surface area contributed by atoms with Gasteiger partial charge < -0.3 is 14.7 Å². The van der Waals surface area contributed by atoms with Crippen LogP contribution >= 0.6 is 0 Å². The van der Waals surface area contributed by atoms with Crippen molar-refractivity contribution in [2.75, 3.05) is 13.1 Å². The first-order valence-corrected chi connectivity index (χ1v) is 6.04. The summed E-state index contributed by atoms with van der Waals surface area (Å²) in [5, 5.41) is 9.21. The maximum absolute atomic E-state index is 12.3. The molecule has 2 fully saturated rings. The van der Waals surface area contributed by atoms with Crippen molar-refractivity contribution >= 4 is 11.9 Å². The second-order valence-electron chi connectivity index (χ2n) is 4.87. The zero-order valence-electron chi connectivity index (χ0n) is 9.41. The van der Waals surface area contributed by atoms with Crippen LogP contribution in [0.15, 0.2) is 12.2 Å². The minimum absolute atomic E-state index is 0.0493. The molecular formula is C12H15NO4. The summed E-state index contributed by atoms with van der Waals surface area (Å²) in [6.07, 6.45) is 4.85. The number of carbonyl (C=O) groups excluding carboxylic acids is 1. The Hall–Kier alpha value is -1.36. The van der Waals surface area contributed by atoms with E-state index >= 15 is 0 Å². The quantitative estimate of drug-likeness (QED) is 0.700. The first-order valence-electron chi connectivity index (χ1n) is 6.04. The van der Waals surface area contributed by atoms with Crippen molar-refractivity contribution in [3.05, 3.63) is 12.2 Å². The van der Waals surface area contributed by atoms with Crippen molar-refractivity contribution in [2.45, 2.75) is 25.0 Å². The monoisotopic (exact) mass is 237 g/mol. The highest BCUT2D eigenvalue weighted by atomic mass is 16.5. The molecule has 3 aliphatic rings. The fourth-order valence-corrected chi connectivity index (χ4v) is 3.05. The van der Waals surface area contributed by atoms with Gasteiger partial charge >= 0.3 is 5.97 Å². The molecule has 0 aliphatic carbocycles. The van der Waals surface area contributed by atoms with Crippen LogP contribution in [-0.4, -0.2) is 47.2 Å². The lowest BCUT2D eigenvalue weighted by molar-refractivity contribution is -0.149. The molecule has 92 valence electrons. The van der Waals surface area contributed by atoms with E-state index in [-0.39, 0.29) is 12.0 Å². The molecule has 17 heavy (non-hydrogen) atoms. The van der Waals surface area contributed by atoms with Gasteiger partial charge in [-0.25, -0.2) is 0 Å². The molecule has 3 heterocycles. The minimum Gasteiger partial charge on any atom is -0.481 e. The molecule has 0 aromatic rings. The van der Waals surface area contributed by atoms with Gasteiger partial charge in [0.15, 0.2) is 0 Å². The van der Waals surface area contributed by atoms with Gasteiger partial charge in [-0.3, -0.25) is 9.59 Å². The predicted octanol–water partition coefficient (Wildman–Crippen LogP) is 0.263.